The van der Waals surface area contributed by atoms with Gasteiger partial charge in [-0.15, -0.1) is 0 Å². The van der Waals surface area contributed by atoms with Gasteiger partial charge in [-0.1, -0.05) is 18.5 Å². The van der Waals surface area contributed by atoms with Crippen LogP contribution in [0.4, 0.5) is 0 Å². The maximum absolute atomic E-state index is 6.17. The van der Waals surface area contributed by atoms with Gasteiger partial charge in [-0.25, -0.2) is 0 Å². The zero-order valence-corrected chi connectivity index (χ0v) is 14.4. The summed E-state index contributed by atoms with van der Waals surface area (Å²) in [7, 11) is 1.66. The third-order valence-corrected chi connectivity index (χ3v) is 4.56. The molecule has 1 fully saturated rings. The number of methoxy groups -OCH3 is 1. The van der Waals surface area contributed by atoms with Gasteiger partial charge in [0.1, 0.15) is 0 Å². The Morgan fingerprint density at radius 1 is 1.38 bits per heavy atom. The Hall–Kier alpha value is -0.580. The third kappa shape index (κ3) is 5.61. The summed E-state index contributed by atoms with van der Waals surface area (Å²) in [6.07, 6.45) is 3.57. The van der Waals surface area contributed by atoms with Crippen LogP contribution in [-0.4, -0.2) is 31.3 Å². The summed E-state index contributed by atoms with van der Waals surface area (Å²) >= 11 is 8.11. The van der Waals surface area contributed by atoms with E-state index in [1.165, 1.54) is 12.8 Å². The fourth-order valence-corrected chi connectivity index (χ4v) is 2.93. The van der Waals surface area contributed by atoms with Gasteiger partial charge in [0.15, 0.2) is 11.5 Å². The molecule has 0 heterocycles. The molecular weight excluding hydrogens is 306 g/mol. The lowest BCUT2D eigenvalue weighted by atomic mass is 10.1. The van der Waals surface area contributed by atoms with Crippen molar-refractivity contribution in [2.45, 2.75) is 38.8 Å². The van der Waals surface area contributed by atoms with E-state index in [2.05, 4.69) is 12.2 Å². The highest BCUT2D eigenvalue weighted by Crippen LogP contribution is 2.35. The zero-order valence-electron chi connectivity index (χ0n) is 12.8. The molecule has 0 saturated heterocycles. The van der Waals surface area contributed by atoms with Gasteiger partial charge in [0.25, 0.3) is 0 Å². The fourth-order valence-electron chi connectivity index (χ4n) is 2.09. The van der Waals surface area contributed by atoms with Gasteiger partial charge >= 0.3 is 0 Å². The first-order valence-electron chi connectivity index (χ1n) is 7.55. The monoisotopic (exact) mass is 329 g/mol. The molecule has 0 spiro atoms. The van der Waals surface area contributed by atoms with Crippen LogP contribution in [0.5, 0.6) is 11.5 Å². The van der Waals surface area contributed by atoms with E-state index in [0.29, 0.717) is 17.7 Å². The molecule has 0 aliphatic heterocycles. The molecule has 1 aromatic rings. The molecule has 0 amide bonds. The second-order valence-electron chi connectivity index (χ2n) is 5.15. The van der Waals surface area contributed by atoms with Crippen molar-refractivity contribution in [1.29, 1.82) is 0 Å². The molecule has 5 heteroatoms. The van der Waals surface area contributed by atoms with Gasteiger partial charge in [0.2, 0.25) is 0 Å². The average Bonchev–Trinajstić information content (AvgIpc) is 3.30. The first-order chi connectivity index (χ1) is 10.2. The first kappa shape index (κ1) is 16.8. The molecule has 21 heavy (non-hydrogen) atoms. The SMILES string of the molecule is CCSCCCOc1c(CNC2CC2)cc(Cl)cc1OC. The molecule has 1 aliphatic rings. The molecule has 2 rings (SSSR count). The van der Waals surface area contributed by atoms with Gasteiger partial charge in [-0.2, -0.15) is 11.8 Å². The number of ether oxygens (including phenoxy) is 2. The topological polar surface area (TPSA) is 30.5 Å². The summed E-state index contributed by atoms with van der Waals surface area (Å²) < 4.78 is 11.4. The van der Waals surface area contributed by atoms with Gasteiger partial charge in [0, 0.05) is 29.2 Å². The Morgan fingerprint density at radius 2 is 2.19 bits per heavy atom. The predicted octanol–water partition coefficient (Wildman–Crippen LogP) is 4.12. The largest absolute Gasteiger partial charge is 0.493 e. The normalized spacial score (nSPS) is 14.2. The molecule has 118 valence electrons. The summed E-state index contributed by atoms with van der Waals surface area (Å²) in [6.45, 7) is 3.66. The maximum Gasteiger partial charge on any atom is 0.165 e. The summed E-state index contributed by atoms with van der Waals surface area (Å²) in [6, 6.07) is 4.44. The van der Waals surface area contributed by atoms with E-state index in [9.17, 15) is 0 Å². The van der Waals surface area contributed by atoms with Crippen LogP contribution in [0.3, 0.4) is 0 Å². The molecule has 0 aromatic heterocycles. The number of hydrogen-bond acceptors (Lipinski definition) is 4. The molecule has 0 atom stereocenters. The smallest absolute Gasteiger partial charge is 0.165 e. The van der Waals surface area contributed by atoms with Crippen molar-refractivity contribution in [3.05, 3.63) is 22.7 Å². The number of halogens is 1. The van der Waals surface area contributed by atoms with Crippen LogP contribution in [0.25, 0.3) is 0 Å². The van der Waals surface area contributed by atoms with E-state index in [-0.39, 0.29) is 0 Å². The Kier molecular flexibility index (Phi) is 7.00. The number of hydrogen-bond donors (Lipinski definition) is 1. The highest BCUT2D eigenvalue weighted by molar-refractivity contribution is 7.99. The lowest BCUT2D eigenvalue weighted by Gasteiger charge is -2.16. The highest BCUT2D eigenvalue weighted by Gasteiger charge is 2.21. The van der Waals surface area contributed by atoms with E-state index < -0.39 is 0 Å². The number of benzene rings is 1. The van der Waals surface area contributed by atoms with Crippen LogP contribution in [-0.2, 0) is 6.54 Å². The molecule has 1 aromatic carbocycles. The summed E-state index contributed by atoms with van der Waals surface area (Å²) in [5.74, 6) is 3.83. The fraction of sp³-hybridized carbons (Fsp3) is 0.625. The number of thioether (sulfide) groups is 1. The Bertz CT molecular complexity index is 452. The van der Waals surface area contributed by atoms with Crippen LogP contribution in [0.15, 0.2) is 12.1 Å². The van der Waals surface area contributed by atoms with Crippen LogP contribution in [0, 0.1) is 0 Å². The molecule has 3 nitrogen and oxygen atoms in total. The van der Waals surface area contributed by atoms with Crippen molar-refractivity contribution >= 4 is 23.4 Å². The lowest BCUT2D eigenvalue weighted by Crippen LogP contribution is -2.16. The van der Waals surface area contributed by atoms with Crippen molar-refractivity contribution in [3.63, 3.8) is 0 Å². The van der Waals surface area contributed by atoms with E-state index in [0.717, 1.165) is 41.5 Å². The molecule has 0 radical (unpaired) electrons. The van der Waals surface area contributed by atoms with Gasteiger partial charge in [0.05, 0.1) is 13.7 Å². The minimum Gasteiger partial charge on any atom is -0.493 e. The maximum atomic E-state index is 6.17. The summed E-state index contributed by atoms with van der Waals surface area (Å²) in [4.78, 5) is 0. The van der Waals surface area contributed by atoms with E-state index in [1.54, 1.807) is 7.11 Å². The van der Waals surface area contributed by atoms with E-state index >= 15 is 0 Å². The summed E-state index contributed by atoms with van der Waals surface area (Å²) in [5.41, 5.74) is 1.08. The van der Waals surface area contributed by atoms with E-state index in [4.69, 9.17) is 21.1 Å². The van der Waals surface area contributed by atoms with Crippen LogP contribution in [0.2, 0.25) is 5.02 Å². The second kappa shape index (κ2) is 8.76. The first-order valence-corrected chi connectivity index (χ1v) is 9.08. The average molecular weight is 330 g/mol. The van der Waals surface area contributed by atoms with Crippen LogP contribution < -0.4 is 14.8 Å². The minimum atomic E-state index is 0.656. The molecule has 0 unspecified atom stereocenters. The highest BCUT2D eigenvalue weighted by atomic mass is 35.5. The molecular formula is C16H24ClNO2S. The number of nitrogens with one attached hydrogen (secondary N) is 1. The zero-order chi connectivity index (χ0) is 15.1. The molecule has 1 saturated carbocycles. The van der Waals surface area contributed by atoms with Crippen LogP contribution >= 0.6 is 23.4 Å². The van der Waals surface area contributed by atoms with Crippen molar-refractivity contribution in [2.75, 3.05) is 25.2 Å². The van der Waals surface area contributed by atoms with Gasteiger partial charge in [-0.3, -0.25) is 0 Å². The predicted molar refractivity (Wildman–Crippen MR) is 91.0 cm³/mol. The quantitative estimate of drug-likeness (QED) is 0.654. The second-order valence-corrected chi connectivity index (χ2v) is 6.98. The number of rotatable bonds is 10. The minimum absolute atomic E-state index is 0.656. The molecule has 1 aliphatic carbocycles. The van der Waals surface area contributed by atoms with E-state index in [1.807, 2.05) is 23.9 Å². The Labute approximate surface area is 136 Å². The third-order valence-electron chi connectivity index (χ3n) is 3.36. The Morgan fingerprint density at radius 3 is 2.86 bits per heavy atom. The lowest BCUT2D eigenvalue weighted by molar-refractivity contribution is 0.291. The van der Waals surface area contributed by atoms with Gasteiger partial charge in [-0.05, 0) is 36.8 Å². The van der Waals surface area contributed by atoms with Gasteiger partial charge < -0.3 is 14.8 Å². The van der Waals surface area contributed by atoms with Crippen molar-refractivity contribution < 1.29 is 9.47 Å². The molecule has 0 bridgehead atoms. The standard InChI is InChI=1S/C16H24ClNO2S/c1-3-21-8-4-7-20-16-12(11-18-14-5-6-14)9-13(17)10-15(16)19-2/h9-10,14,18H,3-8,11H2,1-2H3. The van der Waals surface area contributed by atoms with Crippen molar-refractivity contribution in [3.8, 4) is 11.5 Å². The Balaban J connectivity index is 1.99. The van der Waals surface area contributed by atoms with Crippen molar-refractivity contribution in [2.24, 2.45) is 0 Å². The summed E-state index contributed by atoms with van der Waals surface area (Å²) in [5, 5.41) is 4.19. The molecule has 1 N–H and O–H groups in total. The van der Waals surface area contributed by atoms with Crippen molar-refractivity contribution in [1.82, 2.24) is 5.32 Å². The van der Waals surface area contributed by atoms with Crippen LogP contribution in [0.1, 0.15) is 31.7 Å².